The van der Waals surface area contributed by atoms with Gasteiger partial charge in [-0.3, -0.25) is 9.58 Å². The second kappa shape index (κ2) is 9.07. The van der Waals surface area contributed by atoms with Gasteiger partial charge in [-0.05, 0) is 33.9 Å². The van der Waals surface area contributed by atoms with Crippen molar-refractivity contribution in [3.63, 3.8) is 0 Å². The first kappa shape index (κ1) is 16.1. The molecule has 1 N–H and O–H groups in total. The van der Waals surface area contributed by atoms with Gasteiger partial charge in [-0.25, -0.2) is 0 Å². The molecule has 5 heteroatoms. The molecule has 0 aliphatic heterocycles. The number of hydrogen-bond donors (Lipinski definition) is 1. The molecule has 0 aliphatic rings. The van der Waals surface area contributed by atoms with E-state index in [0.29, 0.717) is 6.04 Å². The molecule has 0 amide bonds. The topological polar surface area (TPSA) is 42.3 Å². The van der Waals surface area contributed by atoms with E-state index in [1.807, 2.05) is 24.9 Å². The van der Waals surface area contributed by atoms with E-state index in [2.05, 4.69) is 35.5 Å². The fourth-order valence-corrected chi connectivity index (χ4v) is 1.91. The number of likely N-dealkylation sites (N-methyl/N-ethyl adjacent to an activating group) is 1. The highest BCUT2D eigenvalue weighted by atomic mass is 16.5. The molecule has 0 aromatic carbocycles. The Morgan fingerprint density at radius 3 is 2.95 bits per heavy atom. The lowest BCUT2D eigenvalue weighted by molar-refractivity contribution is 0.144. The molecular formula is C14H28N4O. The molecule has 0 saturated carbocycles. The zero-order valence-corrected chi connectivity index (χ0v) is 12.7. The van der Waals surface area contributed by atoms with E-state index < -0.39 is 0 Å². The van der Waals surface area contributed by atoms with Crippen LogP contribution in [0.15, 0.2) is 12.4 Å². The summed E-state index contributed by atoms with van der Waals surface area (Å²) < 4.78 is 7.16. The van der Waals surface area contributed by atoms with Crippen LogP contribution in [-0.2, 0) is 18.3 Å². The van der Waals surface area contributed by atoms with Crippen LogP contribution in [-0.4, -0.2) is 54.1 Å². The monoisotopic (exact) mass is 268 g/mol. The molecule has 1 heterocycles. The first-order valence-electron chi connectivity index (χ1n) is 7.09. The Labute approximate surface area is 116 Å². The molecule has 0 bridgehead atoms. The Kier molecular flexibility index (Phi) is 7.70. The largest absolute Gasteiger partial charge is 0.382 e. The molecule has 110 valence electrons. The van der Waals surface area contributed by atoms with Crippen molar-refractivity contribution < 1.29 is 4.74 Å². The lowest BCUT2D eigenvalue weighted by Gasteiger charge is -2.24. The quantitative estimate of drug-likeness (QED) is 0.649. The molecule has 0 fully saturated rings. The van der Waals surface area contributed by atoms with Gasteiger partial charge in [0, 0.05) is 51.2 Å². The molecule has 19 heavy (non-hydrogen) atoms. The molecule has 1 aromatic rings. The predicted molar refractivity (Wildman–Crippen MR) is 78.1 cm³/mol. The van der Waals surface area contributed by atoms with Crippen LogP contribution in [0.25, 0.3) is 0 Å². The van der Waals surface area contributed by atoms with Crippen molar-refractivity contribution >= 4 is 0 Å². The SMILES string of the molecule is CCOCCCNCC(C)N(C)Cc1cnn(C)c1. The highest BCUT2D eigenvalue weighted by Gasteiger charge is 2.09. The van der Waals surface area contributed by atoms with Gasteiger partial charge in [0.1, 0.15) is 0 Å². The smallest absolute Gasteiger partial charge is 0.0534 e. The van der Waals surface area contributed by atoms with E-state index in [4.69, 9.17) is 4.74 Å². The van der Waals surface area contributed by atoms with Crippen molar-refractivity contribution in [2.75, 3.05) is 33.4 Å². The Bertz CT molecular complexity index is 340. The van der Waals surface area contributed by atoms with Crippen LogP contribution < -0.4 is 5.32 Å². The molecule has 0 radical (unpaired) electrons. The van der Waals surface area contributed by atoms with E-state index in [-0.39, 0.29) is 0 Å². The number of aryl methyl sites for hydroxylation is 1. The average Bonchev–Trinajstić information content (AvgIpc) is 2.78. The van der Waals surface area contributed by atoms with Crippen LogP contribution in [0.5, 0.6) is 0 Å². The standard InChI is InChI=1S/C14H28N4O/c1-5-19-8-6-7-15-9-13(2)17(3)11-14-10-16-18(4)12-14/h10,12-13,15H,5-9,11H2,1-4H3. The lowest BCUT2D eigenvalue weighted by Crippen LogP contribution is -2.37. The minimum atomic E-state index is 0.507. The Balaban J connectivity index is 2.12. The van der Waals surface area contributed by atoms with E-state index in [0.717, 1.165) is 39.3 Å². The molecule has 1 atom stereocenters. The molecule has 0 saturated heterocycles. The Morgan fingerprint density at radius 2 is 2.32 bits per heavy atom. The highest BCUT2D eigenvalue weighted by molar-refractivity contribution is 5.03. The first-order chi connectivity index (χ1) is 9.13. The minimum Gasteiger partial charge on any atom is -0.382 e. The number of hydrogen-bond acceptors (Lipinski definition) is 4. The van der Waals surface area contributed by atoms with Crippen molar-refractivity contribution in [3.05, 3.63) is 18.0 Å². The highest BCUT2D eigenvalue weighted by Crippen LogP contribution is 2.04. The maximum atomic E-state index is 5.31. The Hall–Kier alpha value is -0.910. The van der Waals surface area contributed by atoms with Crippen LogP contribution >= 0.6 is 0 Å². The van der Waals surface area contributed by atoms with Gasteiger partial charge >= 0.3 is 0 Å². The van der Waals surface area contributed by atoms with Crippen molar-refractivity contribution in [3.8, 4) is 0 Å². The zero-order valence-electron chi connectivity index (χ0n) is 12.7. The van der Waals surface area contributed by atoms with Gasteiger partial charge < -0.3 is 10.1 Å². The first-order valence-corrected chi connectivity index (χ1v) is 7.09. The summed E-state index contributed by atoms with van der Waals surface area (Å²) >= 11 is 0. The van der Waals surface area contributed by atoms with E-state index in [1.165, 1.54) is 5.56 Å². The molecule has 5 nitrogen and oxygen atoms in total. The number of ether oxygens (including phenoxy) is 1. The van der Waals surface area contributed by atoms with Crippen molar-refractivity contribution in [2.45, 2.75) is 32.9 Å². The van der Waals surface area contributed by atoms with Crippen LogP contribution in [0.3, 0.4) is 0 Å². The van der Waals surface area contributed by atoms with E-state index >= 15 is 0 Å². The normalized spacial score (nSPS) is 13.1. The van der Waals surface area contributed by atoms with Crippen LogP contribution in [0.4, 0.5) is 0 Å². The molecular weight excluding hydrogens is 240 g/mol. The number of rotatable bonds is 10. The van der Waals surface area contributed by atoms with Gasteiger partial charge in [0.15, 0.2) is 0 Å². The summed E-state index contributed by atoms with van der Waals surface area (Å²) in [6.45, 7) is 8.89. The van der Waals surface area contributed by atoms with Gasteiger partial charge in [0.2, 0.25) is 0 Å². The number of aromatic nitrogens is 2. The van der Waals surface area contributed by atoms with Crippen LogP contribution in [0.1, 0.15) is 25.8 Å². The fraction of sp³-hybridized carbons (Fsp3) is 0.786. The van der Waals surface area contributed by atoms with E-state index in [9.17, 15) is 0 Å². The summed E-state index contributed by atoms with van der Waals surface area (Å²) in [4.78, 5) is 2.34. The zero-order chi connectivity index (χ0) is 14.1. The average molecular weight is 268 g/mol. The molecule has 1 rings (SSSR count). The third kappa shape index (κ3) is 6.71. The summed E-state index contributed by atoms with van der Waals surface area (Å²) in [6.07, 6.45) is 5.07. The van der Waals surface area contributed by atoms with Gasteiger partial charge in [-0.15, -0.1) is 0 Å². The third-order valence-electron chi connectivity index (χ3n) is 3.23. The second-order valence-electron chi connectivity index (χ2n) is 5.04. The molecule has 0 aliphatic carbocycles. The number of nitrogens with zero attached hydrogens (tertiary/aromatic N) is 3. The van der Waals surface area contributed by atoms with Gasteiger partial charge in [0.05, 0.1) is 6.20 Å². The van der Waals surface area contributed by atoms with Crippen molar-refractivity contribution in [1.82, 2.24) is 20.0 Å². The molecule has 1 aromatic heterocycles. The van der Waals surface area contributed by atoms with Crippen LogP contribution in [0, 0.1) is 0 Å². The lowest BCUT2D eigenvalue weighted by atomic mass is 10.2. The molecule has 1 unspecified atom stereocenters. The summed E-state index contributed by atoms with van der Waals surface area (Å²) in [7, 11) is 4.10. The van der Waals surface area contributed by atoms with Crippen molar-refractivity contribution in [1.29, 1.82) is 0 Å². The van der Waals surface area contributed by atoms with Gasteiger partial charge in [-0.1, -0.05) is 0 Å². The summed E-state index contributed by atoms with van der Waals surface area (Å²) in [5.74, 6) is 0. The fourth-order valence-electron chi connectivity index (χ4n) is 1.91. The second-order valence-corrected chi connectivity index (χ2v) is 5.04. The maximum absolute atomic E-state index is 5.31. The van der Waals surface area contributed by atoms with Crippen LogP contribution in [0.2, 0.25) is 0 Å². The summed E-state index contributed by atoms with van der Waals surface area (Å²) in [5.41, 5.74) is 1.26. The summed E-state index contributed by atoms with van der Waals surface area (Å²) in [5, 5.41) is 7.67. The number of nitrogens with one attached hydrogen (secondary N) is 1. The van der Waals surface area contributed by atoms with Crippen molar-refractivity contribution in [2.24, 2.45) is 7.05 Å². The third-order valence-corrected chi connectivity index (χ3v) is 3.23. The minimum absolute atomic E-state index is 0.507. The van der Waals surface area contributed by atoms with Gasteiger partial charge in [0.25, 0.3) is 0 Å². The van der Waals surface area contributed by atoms with E-state index in [1.54, 1.807) is 0 Å². The summed E-state index contributed by atoms with van der Waals surface area (Å²) in [6, 6.07) is 0.507. The molecule has 0 spiro atoms. The Morgan fingerprint density at radius 1 is 1.53 bits per heavy atom. The predicted octanol–water partition coefficient (Wildman–Crippen LogP) is 1.26. The maximum Gasteiger partial charge on any atom is 0.0534 e. The van der Waals surface area contributed by atoms with Gasteiger partial charge in [-0.2, -0.15) is 5.10 Å².